The Morgan fingerprint density at radius 1 is 0.750 bits per heavy atom. The van der Waals surface area contributed by atoms with Crippen molar-refractivity contribution in [2.75, 3.05) is 14.2 Å². The van der Waals surface area contributed by atoms with Gasteiger partial charge in [-0.25, -0.2) is 0 Å². The summed E-state index contributed by atoms with van der Waals surface area (Å²) in [6, 6.07) is 3.07. The van der Waals surface area contributed by atoms with Crippen LogP contribution in [-0.4, -0.2) is 56.2 Å². The molecule has 0 atom stereocenters. The van der Waals surface area contributed by atoms with Crippen LogP contribution in [-0.2, 0) is 20.2 Å². The topological polar surface area (TPSA) is 185 Å². The molecule has 2 aromatic rings. The van der Waals surface area contributed by atoms with E-state index >= 15 is 0 Å². The number of phenols is 2. The van der Waals surface area contributed by atoms with Crippen molar-refractivity contribution >= 4 is 26.0 Å². The molecule has 0 saturated carbocycles. The summed E-state index contributed by atoms with van der Waals surface area (Å²) in [5.41, 5.74) is -2.10. The first kappa shape index (κ1) is 21.4. The molecule has 0 aliphatic heterocycles. The summed E-state index contributed by atoms with van der Waals surface area (Å²) < 4.78 is 75.0. The number of carbonyl (C=O) groups excluding carboxylic acids is 1. The van der Waals surface area contributed by atoms with E-state index in [4.69, 9.17) is 9.47 Å². The van der Waals surface area contributed by atoms with Crippen molar-refractivity contribution in [3.05, 3.63) is 35.4 Å². The second-order valence-electron chi connectivity index (χ2n) is 5.32. The van der Waals surface area contributed by atoms with Gasteiger partial charge < -0.3 is 19.7 Å². The Morgan fingerprint density at radius 3 is 1.32 bits per heavy atom. The maximum atomic E-state index is 12.9. The predicted molar refractivity (Wildman–Crippen MR) is 92.4 cm³/mol. The van der Waals surface area contributed by atoms with Crippen LogP contribution in [0.1, 0.15) is 15.9 Å². The van der Waals surface area contributed by atoms with Gasteiger partial charge in [-0.1, -0.05) is 0 Å². The molecule has 0 aliphatic carbocycles. The largest absolute Gasteiger partial charge is 0.507 e. The average molecular weight is 434 g/mol. The summed E-state index contributed by atoms with van der Waals surface area (Å²) in [6.45, 7) is 0. The van der Waals surface area contributed by atoms with Gasteiger partial charge in [0.15, 0.2) is 0 Å². The Hall–Kier alpha value is -2.87. The Bertz CT molecular complexity index is 1070. The molecule has 0 fully saturated rings. The molecule has 2 rings (SSSR count). The van der Waals surface area contributed by atoms with Crippen molar-refractivity contribution < 1.29 is 50.4 Å². The minimum Gasteiger partial charge on any atom is -0.507 e. The molecule has 11 nitrogen and oxygen atoms in total. The molecule has 0 unspecified atom stereocenters. The normalized spacial score (nSPS) is 11.9. The van der Waals surface area contributed by atoms with Crippen molar-refractivity contribution in [3.8, 4) is 23.0 Å². The fourth-order valence-corrected chi connectivity index (χ4v) is 3.82. The Morgan fingerprint density at radius 2 is 1.07 bits per heavy atom. The summed E-state index contributed by atoms with van der Waals surface area (Å²) in [4.78, 5) is 10.7. The molecule has 2 aromatic carbocycles. The van der Waals surface area contributed by atoms with Crippen LogP contribution < -0.4 is 9.47 Å². The van der Waals surface area contributed by atoms with Crippen LogP contribution in [0.3, 0.4) is 0 Å². The molecule has 28 heavy (non-hydrogen) atoms. The molecule has 0 amide bonds. The van der Waals surface area contributed by atoms with Crippen molar-refractivity contribution in [2.45, 2.75) is 9.79 Å². The van der Waals surface area contributed by atoms with Crippen LogP contribution in [0.2, 0.25) is 0 Å². The third kappa shape index (κ3) is 4.01. The number of carbonyl (C=O) groups is 1. The number of hydrogen-bond donors (Lipinski definition) is 4. The minimum atomic E-state index is -5.09. The van der Waals surface area contributed by atoms with Crippen LogP contribution in [0.4, 0.5) is 0 Å². The number of aromatic hydroxyl groups is 2. The first-order chi connectivity index (χ1) is 12.8. The van der Waals surface area contributed by atoms with Gasteiger partial charge in [0.2, 0.25) is 5.78 Å². The standard InChI is InChI=1S/C15H14O11S2/c1-25-7-3-9(16)13(11(5-7)27(19,20)21)15(18)14-10(17)4-8(26-2)6-12(14)28(22,23)24/h3-6,16-17H,1-2H3,(H,19,20,21)(H,22,23,24). The number of ketones is 1. The highest BCUT2D eigenvalue weighted by molar-refractivity contribution is 7.86. The average Bonchev–Trinajstić information content (AvgIpc) is 2.58. The zero-order valence-corrected chi connectivity index (χ0v) is 15.9. The smallest absolute Gasteiger partial charge is 0.295 e. The maximum absolute atomic E-state index is 12.9. The lowest BCUT2D eigenvalue weighted by Gasteiger charge is -2.14. The van der Waals surface area contributed by atoms with E-state index in [0.717, 1.165) is 26.4 Å². The fraction of sp³-hybridized carbons (Fsp3) is 0.133. The molecule has 0 bridgehead atoms. The lowest BCUT2D eigenvalue weighted by Crippen LogP contribution is -2.14. The van der Waals surface area contributed by atoms with Crippen molar-refractivity contribution in [1.29, 1.82) is 0 Å². The van der Waals surface area contributed by atoms with Gasteiger partial charge in [-0.2, -0.15) is 16.8 Å². The van der Waals surface area contributed by atoms with E-state index in [0.29, 0.717) is 12.1 Å². The number of ether oxygens (including phenoxy) is 2. The highest BCUT2D eigenvalue weighted by Gasteiger charge is 2.32. The molecular formula is C15H14O11S2. The van der Waals surface area contributed by atoms with E-state index in [9.17, 15) is 40.9 Å². The molecule has 0 aromatic heterocycles. The molecule has 152 valence electrons. The number of benzene rings is 2. The summed E-state index contributed by atoms with van der Waals surface area (Å²) in [5, 5.41) is 20.2. The van der Waals surface area contributed by atoms with Crippen molar-refractivity contribution in [2.24, 2.45) is 0 Å². The van der Waals surface area contributed by atoms with Gasteiger partial charge in [0.1, 0.15) is 32.8 Å². The monoisotopic (exact) mass is 434 g/mol. The molecule has 0 heterocycles. The Labute approximate surface area is 159 Å². The third-order valence-electron chi connectivity index (χ3n) is 3.59. The number of phenolic OH excluding ortho intramolecular Hbond substituents is 2. The van der Waals surface area contributed by atoms with Gasteiger partial charge in [0.25, 0.3) is 20.2 Å². The van der Waals surface area contributed by atoms with Crippen LogP contribution in [0, 0.1) is 0 Å². The SMILES string of the molecule is COc1cc(O)c(C(=O)c2c(O)cc(OC)cc2S(=O)(=O)O)c(S(=O)(=O)O)c1. The number of methoxy groups -OCH3 is 2. The van der Waals surface area contributed by atoms with Crippen LogP contribution >= 0.6 is 0 Å². The fourth-order valence-electron chi connectivity index (χ4n) is 2.38. The Balaban J connectivity index is 2.93. The number of hydrogen-bond acceptors (Lipinski definition) is 9. The Kier molecular flexibility index (Phi) is 5.57. The highest BCUT2D eigenvalue weighted by atomic mass is 32.2. The van der Waals surface area contributed by atoms with E-state index in [2.05, 4.69) is 0 Å². The van der Waals surface area contributed by atoms with E-state index < -0.39 is 58.4 Å². The molecular weight excluding hydrogens is 420 g/mol. The molecule has 0 aliphatic rings. The summed E-state index contributed by atoms with van der Waals surface area (Å²) >= 11 is 0. The van der Waals surface area contributed by atoms with Gasteiger partial charge in [0, 0.05) is 24.3 Å². The van der Waals surface area contributed by atoms with Gasteiger partial charge in [0.05, 0.1) is 25.3 Å². The van der Waals surface area contributed by atoms with Crippen molar-refractivity contribution in [1.82, 2.24) is 0 Å². The second kappa shape index (κ2) is 7.27. The zero-order chi connectivity index (χ0) is 21.4. The van der Waals surface area contributed by atoms with Gasteiger partial charge >= 0.3 is 0 Å². The maximum Gasteiger partial charge on any atom is 0.295 e. The second-order valence-corrected chi connectivity index (χ2v) is 8.10. The third-order valence-corrected chi connectivity index (χ3v) is 5.35. The quantitative estimate of drug-likeness (QED) is 0.373. The molecule has 0 saturated heterocycles. The molecule has 0 radical (unpaired) electrons. The first-order valence-electron chi connectivity index (χ1n) is 7.13. The van der Waals surface area contributed by atoms with E-state index in [1.54, 1.807) is 0 Å². The van der Waals surface area contributed by atoms with Gasteiger partial charge in [-0.3, -0.25) is 13.9 Å². The van der Waals surface area contributed by atoms with Gasteiger partial charge in [-0.05, 0) is 0 Å². The summed E-state index contributed by atoms with van der Waals surface area (Å²) in [6.07, 6.45) is 0. The lowest BCUT2D eigenvalue weighted by molar-refractivity contribution is 0.102. The summed E-state index contributed by atoms with van der Waals surface area (Å²) in [7, 11) is -7.95. The lowest BCUT2D eigenvalue weighted by atomic mass is 10.0. The minimum absolute atomic E-state index is 0.240. The molecule has 13 heteroatoms. The van der Waals surface area contributed by atoms with E-state index in [-0.39, 0.29) is 11.5 Å². The van der Waals surface area contributed by atoms with Crippen LogP contribution in [0.25, 0.3) is 0 Å². The van der Waals surface area contributed by atoms with Crippen LogP contribution in [0.15, 0.2) is 34.1 Å². The molecule has 0 spiro atoms. The number of rotatable bonds is 6. The zero-order valence-electron chi connectivity index (χ0n) is 14.3. The van der Waals surface area contributed by atoms with Crippen molar-refractivity contribution in [3.63, 3.8) is 0 Å². The predicted octanol–water partition coefficient (Wildman–Crippen LogP) is 0.839. The van der Waals surface area contributed by atoms with E-state index in [1.807, 2.05) is 0 Å². The van der Waals surface area contributed by atoms with Crippen LogP contribution in [0.5, 0.6) is 23.0 Å². The molecule has 4 N–H and O–H groups in total. The highest BCUT2D eigenvalue weighted by Crippen LogP contribution is 2.38. The van der Waals surface area contributed by atoms with Gasteiger partial charge in [-0.15, -0.1) is 0 Å². The summed E-state index contributed by atoms with van der Waals surface area (Å²) in [5.74, 6) is -3.98. The first-order valence-corrected chi connectivity index (χ1v) is 10.0. The van der Waals surface area contributed by atoms with E-state index in [1.165, 1.54) is 0 Å².